The molecule has 0 amide bonds. The van der Waals surface area contributed by atoms with Gasteiger partial charge in [-0.15, -0.1) is 0 Å². The number of rotatable bonds is 5. The van der Waals surface area contributed by atoms with Gasteiger partial charge in [-0.2, -0.15) is 0 Å². The quantitative estimate of drug-likeness (QED) is 0.417. The first-order valence-corrected chi connectivity index (χ1v) is 11.3. The van der Waals surface area contributed by atoms with Crippen LogP contribution in [0.25, 0.3) is 0 Å². The summed E-state index contributed by atoms with van der Waals surface area (Å²) in [5, 5.41) is 12.1. The smallest absolute Gasteiger partial charge is 0.353 e. The second-order valence-corrected chi connectivity index (χ2v) is 8.21. The van der Waals surface area contributed by atoms with Crippen molar-refractivity contribution in [2.75, 3.05) is 72.0 Å². The first-order chi connectivity index (χ1) is 16.6. The van der Waals surface area contributed by atoms with Crippen LogP contribution in [0.15, 0.2) is 55.0 Å². The highest BCUT2D eigenvalue weighted by molar-refractivity contribution is 5.72. The lowest BCUT2D eigenvalue weighted by Crippen LogP contribution is -2.48. The molecular formula is C23H25FN8O2. The molecule has 11 heteroatoms. The number of aromatic nitrogens is 3. The van der Waals surface area contributed by atoms with E-state index in [4.69, 9.17) is 0 Å². The number of benzene rings is 1. The van der Waals surface area contributed by atoms with Gasteiger partial charge in [0.15, 0.2) is 0 Å². The van der Waals surface area contributed by atoms with Gasteiger partial charge < -0.3 is 19.6 Å². The maximum absolute atomic E-state index is 14.2. The lowest BCUT2D eigenvalue weighted by molar-refractivity contribution is -0.383. The van der Waals surface area contributed by atoms with E-state index in [2.05, 4.69) is 19.9 Å². The Morgan fingerprint density at radius 2 is 1.29 bits per heavy atom. The molecule has 2 fully saturated rings. The molecule has 2 aromatic heterocycles. The summed E-state index contributed by atoms with van der Waals surface area (Å²) in [4.78, 5) is 32.7. The highest BCUT2D eigenvalue weighted by Crippen LogP contribution is 2.35. The van der Waals surface area contributed by atoms with E-state index in [9.17, 15) is 14.5 Å². The number of nitrogens with zero attached hydrogens (tertiary/aromatic N) is 8. The van der Waals surface area contributed by atoms with E-state index in [1.54, 1.807) is 24.4 Å². The molecule has 2 aliphatic heterocycles. The number of hydrogen-bond acceptors (Lipinski definition) is 9. The molecule has 5 rings (SSSR count). The topological polar surface area (TPSA) is 94.8 Å². The Morgan fingerprint density at radius 3 is 1.85 bits per heavy atom. The van der Waals surface area contributed by atoms with Crippen molar-refractivity contribution >= 4 is 28.8 Å². The Kier molecular flexibility index (Phi) is 6.07. The minimum Gasteiger partial charge on any atom is -0.366 e. The van der Waals surface area contributed by atoms with Gasteiger partial charge in [0.05, 0.1) is 10.6 Å². The molecule has 176 valence electrons. The van der Waals surface area contributed by atoms with Crippen molar-refractivity contribution < 1.29 is 9.31 Å². The number of para-hydroxylation sites is 1. The molecule has 2 aliphatic rings. The normalized spacial score (nSPS) is 16.6. The van der Waals surface area contributed by atoms with Gasteiger partial charge in [-0.05, 0) is 24.3 Å². The Bertz CT molecular complexity index is 1150. The van der Waals surface area contributed by atoms with Crippen LogP contribution in [0.2, 0.25) is 0 Å². The maximum Gasteiger partial charge on any atom is 0.353 e. The van der Waals surface area contributed by atoms with Gasteiger partial charge in [0, 0.05) is 58.6 Å². The number of nitro groups is 1. The third kappa shape index (κ3) is 4.28. The SMILES string of the molecule is O=[N+]([O-])c1c(N2CCN(c3ccccn3)CC2)ncnc1N1CCN(c2ccccc2F)CC1. The van der Waals surface area contributed by atoms with E-state index in [0.29, 0.717) is 69.7 Å². The standard InChI is InChI=1S/C23H25FN8O2/c24-18-5-1-2-6-19(18)28-9-13-30(14-10-28)22-21(32(33)34)23(27-17-26-22)31-15-11-29(12-16-31)20-7-3-4-8-25-20/h1-8,17H,9-16H2. The zero-order chi connectivity index (χ0) is 23.5. The van der Waals surface area contributed by atoms with Gasteiger partial charge in [0.2, 0.25) is 11.6 Å². The molecule has 0 saturated carbocycles. The van der Waals surface area contributed by atoms with Crippen LogP contribution in [0.4, 0.5) is 33.2 Å². The number of pyridine rings is 1. The molecule has 0 N–H and O–H groups in total. The van der Waals surface area contributed by atoms with Crippen LogP contribution in [0.3, 0.4) is 0 Å². The molecule has 4 heterocycles. The summed E-state index contributed by atoms with van der Waals surface area (Å²) in [5.41, 5.74) is 0.471. The van der Waals surface area contributed by atoms with Crippen LogP contribution < -0.4 is 19.6 Å². The summed E-state index contributed by atoms with van der Waals surface area (Å²) >= 11 is 0. The Hall–Kier alpha value is -4.02. The summed E-state index contributed by atoms with van der Waals surface area (Å²) in [6.45, 7) is 4.64. The Labute approximate surface area is 196 Å². The zero-order valence-electron chi connectivity index (χ0n) is 18.6. The highest BCUT2D eigenvalue weighted by Gasteiger charge is 2.33. The maximum atomic E-state index is 14.2. The van der Waals surface area contributed by atoms with Crippen molar-refractivity contribution in [3.05, 3.63) is 70.9 Å². The molecule has 34 heavy (non-hydrogen) atoms. The molecule has 1 aromatic carbocycles. The van der Waals surface area contributed by atoms with Gasteiger partial charge in [0.25, 0.3) is 0 Å². The number of piperazine rings is 2. The van der Waals surface area contributed by atoms with Crippen LogP contribution in [-0.2, 0) is 0 Å². The van der Waals surface area contributed by atoms with Gasteiger partial charge in [-0.3, -0.25) is 10.1 Å². The lowest BCUT2D eigenvalue weighted by Gasteiger charge is -2.38. The van der Waals surface area contributed by atoms with E-state index in [1.165, 1.54) is 12.4 Å². The monoisotopic (exact) mass is 464 g/mol. The fourth-order valence-electron chi connectivity index (χ4n) is 4.54. The molecule has 0 aliphatic carbocycles. The van der Waals surface area contributed by atoms with E-state index >= 15 is 0 Å². The molecule has 0 radical (unpaired) electrons. The number of halogens is 1. The van der Waals surface area contributed by atoms with E-state index in [-0.39, 0.29) is 16.4 Å². The van der Waals surface area contributed by atoms with Crippen LogP contribution in [0.1, 0.15) is 0 Å². The summed E-state index contributed by atoms with van der Waals surface area (Å²) in [6, 6.07) is 12.4. The first-order valence-electron chi connectivity index (χ1n) is 11.3. The third-order valence-electron chi connectivity index (χ3n) is 6.29. The average molecular weight is 465 g/mol. The summed E-state index contributed by atoms with van der Waals surface area (Å²) < 4.78 is 14.2. The fourth-order valence-corrected chi connectivity index (χ4v) is 4.54. The average Bonchev–Trinajstić information content (AvgIpc) is 2.89. The second kappa shape index (κ2) is 9.46. The van der Waals surface area contributed by atoms with E-state index in [1.807, 2.05) is 32.9 Å². The molecular weight excluding hydrogens is 439 g/mol. The van der Waals surface area contributed by atoms with Gasteiger partial charge in [-0.1, -0.05) is 18.2 Å². The van der Waals surface area contributed by atoms with Crippen LogP contribution in [-0.4, -0.2) is 72.2 Å². The van der Waals surface area contributed by atoms with E-state index < -0.39 is 0 Å². The largest absolute Gasteiger partial charge is 0.366 e. The molecule has 0 unspecified atom stereocenters. The van der Waals surface area contributed by atoms with Crippen molar-refractivity contribution in [3.63, 3.8) is 0 Å². The van der Waals surface area contributed by atoms with Gasteiger partial charge in [0.1, 0.15) is 18.0 Å². The lowest BCUT2D eigenvalue weighted by atomic mass is 10.2. The van der Waals surface area contributed by atoms with Crippen LogP contribution >= 0.6 is 0 Å². The number of anilines is 4. The fraction of sp³-hybridized carbons (Fsp3) is 0.348. The molecule has 0 bridgehead atoms. The van der Waals surface area contributed by atoms with Crippen molar-refractivity contribution in [1.82, 2.24) is 15.0 Å². The summed E-state index contributed by atoms with van der Waals surface area (Å²) in [6.07, 6.45) is 3.15. The van der Waals surface area contributed by atoms with Gasteiger partial charge in [-0.25, -0.2) is 19.3 Å². The van der Waals surface area contributed by atoms with E-state index in [0.717, 1.165) is 5.82 Å². The predicted molar refractivity (Wildman–Crippen MR) is 128 cm³/mol. The minimum atomic E-state index is -0.390. The third-order valence-corrected chi connectivity index (χ3v) is 6.29. The summed E-state index contributed by atoms with van der Waals surface area (Å²) in [7, 11) is 0. The molecule has 0 atom stereocenters. The molecule has 10 nitrogen and oxygen atoms in total. The van der Waals surface area contributed by atoms with Gasteiger partial charge >= 0.3 is 5.69 Å². The van der Waals surface area contributed by atoms with Crippen molar-refractivity contribution in [3.8, 4) is 0 Å². The highest BCUT2D eigenvalue weighted by atomic mass is 19.1. The van der Waals surface area contributed by atoms with Crippen molar-refractivity contribution in [1.29, 1.82) is 0 Å². The van der Waals surface area contributed by atoms with Crippen molar-refractivity contribution in [2.45, 2.75) is 0 Å². The molecule has 3 aromatic rings. The Balaban J connectivity index is 1.32. The molecule has 0 spiro atoms. The van der Waals surface area contributed by atoms with Crippen molar-refractivity contribution in [2.24, 2.45) is 0 Å². The minimum absolute atomic E-state index is 0.0758. The summed E-state index contributed by atoms with van der Waals surface area (Å²) in [5.74, 6) is 1.28. The second-order valence-electron chi connectivity index (χ2n) is 8.21. The van der Waals surface area contributed by atoms with Crippen LogP contribution in [0.5, 0.6) is 0 Å². The number of hydrogen-bond donors (Lipinski definition) is 0. The molecule has 2 saturated heterocycles. The predicted octanol–water partition coefficient (Wildman–Crippen LogP) is 2.57. The first kappa shape index (κ1) is 21.8. The Morgan fingerprint density at radius 1 is 0.735 bits per heavy atom. The zero-order valence-corrected chi connectivity index (χ0v) is 18.6. The van der Waals surface area contributed by atoms with Crippen LogP contribution in [0, 0.1) is 15.9 Å².